The molecule has 7 rings (SSSR count). The molecule has 0 N–H and O–H groups in total. The van der Waals surface area contributed by atoms with E-state index in [1.165, 1.54) is 127 Å². The van der Waals surface area contributed by atoms with Crippen LogP contribution in [0.1, 0.15) is 135 Å². The molecule has 1 heteroatoms. The van der Waals surface area contributed by atoms with Gasteiger partial charge in [-0.1, -0.05) is 143 Å². The number of benzene rings is 6. The Morgan fingerprint density at radius 3 is 1.31 bits per heavy atom. The molecule has 0 heterocycles. The number of unbranched alkanes of at least 4 members (excludes halogenated alkanes) is 2. The van der Waals surface area contributed by atoms with Crippen LogP contribution in [0.3, 0.4) is 0 Å². The number of rotatable bonds is 20. The summed E-state index contributed by atoms with van der Waals surface area (Å²) in [6, 6.07) is 57.1. The van der Waals surface area contributed by atoms with Gasteiger partial charge in [-0.05, 0) is 188 Å². The fourth-order valence-electron chi connectivity index (χ4n) is 9.18. The van der Waals surface area contributed by atoms with E-state index in [0.717, 1.165) is 12.8 Å². The van der Waals surface area contributed by atoms with E-state index >= 15 is 0 Å². The lowest BCUT2D eigenvalue weighted by molar-refractivity contribution is 0.323. The normalized spacial score (nSPS) is 13.4. The zero-order valence-corrected chi connectivity index (χ0v) is 35.9. The van der Waals surface area contributed by atoms with Gasteiger partial charge in [0.05, 0.1) is 0 Å². The third kappa shape index (κ3) is 11.6. The van der Waals surface area contributed by atoms with E-state index in [2.05, 4.69) is 184 Å². The second kappa shape index (κ2) is 20.2. The number of hydrogen-bond donors (Lipinski definition) is 0. The van der Waals surface area contributed by atoms with Crippen molar-refractivity contribution in [2.45, 2.75) is 129 Å². The zero-order chi connectivity index (χ0) is 40.2. The summed E-state index contributed by atoms with van der Waals surface area (Å²) in [6.45, 7) is 9.60. The highest BCUT2D eigenvalue weighted by Crippen LogP contribution is 2.38. The number of nitrogens with zero attached hydrogens (tertiary/aromatic N) is 1. The van der Waals surface area contributed by atoms with Crippen molar-refractivity contribution in [2.24, 2.45) is 5.41 Å². The van der Waals surface area contributed by atoms with Gasteiger partial charge in [-0.3, -0.25) is 0 Å². The predicted octanol–water partition coefficient (Wildman–Crippen LogP) is 15.9. The third-order valence-electron chi connectivity index (χ3n) is 12.6. The first kappa shape index (κ1) is 41.3. The summed E-state index contributed by atoms with van der Waals surface area (Å²) >= 11 is 0. The fraction of sp³-hybridized carbons (Fsp3) is 0.368. The van der Waals surface area contributed by atoms with Crippen molar-refractivity contribution in [3.8, 4) is 0 Å². The minimum absolute atomic E-state index is 0.306. The lowest BCUT2D eigenvalue weighted by atomic mass is 9.77. The molecule has 0 spiro atoms. The van der Waals surface area contributed by atoms with Crippen molar-refractivity contribution in [2.75, 3.05) is 4.90 Å². The molecule has 1 nitrogen and oxygen atoms in total. The summed E-state index contributed by atoms with van der Waals surface area (Å²) < 4.78 is 0. The van der Waals surface area contributed by atoms with Crippen molar-refractivity contribution in [3.63, 3.8) is 0 Å². The Hall–Kier alpha value is -4.88. The van der Waals surface area contributed by atoms with Gasteiger partial charge in [-0.2, -0.15) is 0 Å². The molecular formula is C57H67N. The maximum absolute atomic E-state index is 2.46. The standard InChI is InChI=1S/C57H67N/c1-5-48(36-39-53(43-57(2,3)4)51-33-26-45(27-34-51)17-14-15-19-47-28-35-50-37-38-52(50)42-47)49-31-24-44(25-32-49)16-12-13-18-46-29-40-56(41-30-46)58(54-20-8-6-9-21-54)55-22-10-7-11-23-55/h6-11,20-35,40-42,48,53H,5,12-19,36-39,43H2,1-4H3. The molecule has 300 valence electrons. The summed E-state index contributed by atoms with van der Waals surface area (Å²) in [7, 11) is 0. The molecule has 0 bridgehead atoms. The van der Waals surface area contributed by atoms with Gasteiger partial charge in [0.1, 0.15) is 0 Å². The molecule has 0 radical (unpaired) electrons. The van der Waals surface area contributed by atoms with Gasteiger partial charge in [0.25, 0.3) is 0 Å². The highest BCUT2D eigenvalue weighted by Gasteiger charge is 2.22. The molecule has 2 atom stereocenters. The van der Waals surface area contributed by atoms with Crippen LogP contribution in [0.4, 0.5) is 17.1 Å². The SMILES string of the molecule is CCC(CCC(CC(C)(C)C)c1ccc(CCCCc2ccc3c(c2)CC3)cc1)c1ccc(CCCCc2ccc(N(c3ccccc3)c3ccccc3)cc2)cc1. The van der Waals surface area contributed by atoms with E-state index in [1.54, 1.807) is 11.1 Å². The first-order valence-corrected chi connectivity index (χ1v) is 22.6. The van der Waals surface area contributed by atoms with Crippen LogP contribution in [0.25, 0.3) is 0 Å². The summed E-state index contributed by atoms with van der Waals surface area (Å²) in [5.74, 6) is 1.21. The van der Waals surface area contributed by atoms with E-state index in [9.17, 15) is 0 Å². The lowest BCUT2D eigenvalue weighted by Gasteiger charge is -2.28. The molecular weight excluding hydrogens is 699 g/mol. The van der Waals surface area contributed by atoms with Gasteiger partial charge >= 0.3 is 0 Å². The van der Waals surface area contributed by atoms with Crippen molar-refractivity contribution < 1.29 is 0 Å². The van der Waals surface area contributed by atoms with Gasteiger partial charge in [0.2, 0.25) is 0 Å². The minimum Gasteiger partial charge on any atom is -0.311 e. The predicted molar refractivity (Wildman–Crippen MR) is 250 cm³/mol. The molecule has 0 amide bonds. The van der Waals surface area contributed by atoms with E-state index in [0.29, 0.717) is 17.3 Å². The number of fused-ring (bicyclic) bond motifs is 1. The van der Waals surface area contributed by atoms with Crippen molar-refractivity contribution in [1.82, 2.24) is 0 Å². The highest BCUT2D eigenvalue weighted by molar-refractivity contribution is 5.76. The second-order valence-electron chi connectivity index (χ2n) is 18.3. The molecule has 6 aromatic carbocycles. The Morgan fingerprint density at radius 2 is 0.862 bits per heavy atom. The van der Waals surface area contributed by atoms with Crippen LogP contribution in [0.5, 0.6) is 0 Å². The van der Waals surface area contributed by atoms with Gasteiger partial charge in [0, 0.05) is 17.1 Å². The first-order chi connectivity index (χ1) is 28.3. The third-order valence-corrected chi connectivity index (χ3v) is 12.6. The molecule has 0 saturated carbocycles. The maximum atomic E-state index is 2.46. The molecule has 0 saturated heterocycles. The Labute approximate surface area is 351 Å². The zero-order valence-electron chi connectivity index (χ0n) is 35.9. The van der Waals surface area contributed by atoms with E-state index in [-0.39, 0.29) is 0 Å². The van der Waals surface area contributed by atoms with E-state index < -0.39 is 0 Å². The average Bonchev–Trinajstić information content (AvgIpc) is 3.23. The number of hydrogen-bond acceptors (Lipinski definition) is 1. The summed E-state index contributed by atoms with van der Waals surface area (Å²) in [5, 5.41) is 0. The molecule has 0 fully saturated rings. The molecule has 1 aliphatic rings. The highest BCUT2D eigenvalue weighted by atomic mass is 15.1. The molecule has 1 aliphatic carbocycles. The summed E-state index contributed by atoms with van der Waals surface area (Å²) in [6.07, 6.45) is 17.1. The van der Waals surface area contributed by atoms with Crippen LogP contribution >= 0.6 is 0 Å². The average molecular weight is 766 g/mol. The first-order valence-electron chi connectivity index (χ1n) is 22.6. The lowest BCUT2D eigenvalue weighted by Crippen LogP contribution is -2.13. The Balaban J connectivity index is 0.866. The molecule has 0 aromatic heterocycles. The summed E-state index contributed by atoms with van der Waals surface area (Å²) in [4.78, 5) is 2.33. The molecule has 58 heavy (non-hydrogen) atoms. The molecule has 6 aromatic rings. The van der Waals surface area contributed by atoms with E-state index in [1.807, 2.05) is 0 Å². The van der Waals surface area contributed by atoms with Crippen molar-refractivity contribution in [3.05, 3.63) is 196 Å². The van der Waals surface area contributed by atoms with Gasteiger partial charge in [-0.15, -0.1) is 0 Å². The van der Waals surface area contributed by atoms with Crippen LogP contribution in [0, 0.1) is 5.41 Å². The maximum Gasteiger partial charge on any atom is 0.0461 e. The monoisotopic (exact) mass is 766 g/mol. The summed E-state index contributed by atoms with van der Waals surface area (Å²) in [5.41, 5.74) is 16.0. The number of aryl methyl sites for hydroxylation is 6. The number of anilines is 3. The topological polar surface area (TPSA) is 3.24 Å². The molecule has 2 unspecified atom stereocenters. The fourth-order valence-corrected chi connectivity index (χ4v) is 9.18. The molecule has 0 aliphatic heterocycles. The smallest absolute Gasteiger partial charge is 0.0461 e. The van der Waals surface area contributed by atoms with Crippen LogP contribution < -0.4 is 4.90 Å². The van der Waals surface area contributed by atoms with Crippen molar-refractivity contribution >= 4 is 17.1 Å². The van der Waals surface area contributed by atoms with Gasteiger partial charge in [0.15, 0.2) is 0 Å². The quantitative estimate of drug-likeness (QED) is 0.0700. The van der Waals surface area contributed by atoms with Gasteiger partial charge in [-0.25, -0.2) is 0 Å². The van der Waals surface area contributed by atoms with Gasteiger partial charge < -0.3 is 4.90 Å². The van der Waals surface area contributed by atoms with E-state index in [4.69, 9.17) is 0 Å². The van der Waals surface area contributed by atoms with Crippen LogP contribution in [0.2, 0.25) is 0 Å². The Bertz CT molecular complexity index is 2060. The minimum atomic E-state index is 0.306. The Morgan fingerprint density at radius 1 is 0.448 bits per heavy atom. The second-order valence-corrected chi connectivity index (χ2v) is 18.3. The van der Waals surface area contributed by atoms with Crippen LogP contribution in [0.15, 0.2) is 152 Å². The Kier molecular flexibility index (Phi) is 14.4. The largest absolute Gasteiger partial charge is 0.311 e. The van der Waals surface area contributed by atoms with Crippen molar-refractivity contribution in [1.29, 1.82) is 0 Å². The van der Waals surface area contributed by atoms with Crippen LogP contribution in [-0.4, -0.2) is 0 Å². The van der Waals surface area contributed by atoms with Crippen LogP contribution in [-0.2, 0) is 38.5 Å². The number of para-hydroxylation sites is 2.